The first kappa shape index (κ1) is 44.8. The lowest BCUT2D eigenvalue weighted by molar-refractivity contribution is -0.256. The molecule has 2 heterocycles. The van der Waals surface area contributed by atoms with Gasteiger partial charge in [-0.25, -0.2) is 4.79 Å². The topological polar surface area (TPSA) is 164 Å². The number of methoxy groups -OCH3 is 1. The van der Waals surface area contributed by atoms with Crippen molar-refractivity contribution in [3.8, 4) is 34.5 Å². The molecule has 1 amide bonds. The molecule has 14 nitrogen and oxygen atoms in total. The van der Waals surface area contributed by atoms with Crippen LogP contribution in [0.1, 0.15) is 72.3 Å². The average molecular weight is 875 g/mol. The lowest BCUT2D eigenvalue weighted by atomic mass is 9.55. The summed E-state index contributed by atoms with van der Waals surface area (Å²) in [6.45, 7) is 4.36. The predicted molar refractivity (Wildman–Crippen MR) is 231 cm³/mol. The maximum absolute atomic E-state index is 14.5. The average Bonchev–Trinajstić information content (AvgIpc) is 3.76. The van der Waals surface area contributed by atoms with Gasteiger partial charge >= 0.3 is 6.09 Å². The van der Waals surface area contributed by atoms with Crippen LogP contribution in [0.25, 0.3) is 0 Å². The summed E-state index contributed by atoms with van der Waals surface area (Å²) in [4.78, 5) is 33.6. The second-order valence-corrected chi connectivity index (χ2v) is 16.1. The highest BCUT2D eigenvalue weighted by Crippen LogP contribution is 2.62. The van der Waals surface area contributed by atoms with Crippen molar-refractivity contribution in [3.05, 3.63) is 95.6 Å². The Hall–Kier alpha value is -5.28. The Kier molecular flexibility index (Phi) is 15.0. The minimum atomic E-state index is -1.52. The van der Waals surface area contributed by atoms with Crippen molar-refractivity contribution in [2.24, 2.45) is 22.9 Å². The number of hydrogen-bond acceptors (Lipinski definition) is 13. The van der Waals surface area contributed by atoms with Gasteiger partial charge in [0.1, 0.15) is 42.8 Å². The van der Waals surface area contributed by atoms with Crippen molar-refractivity contribution < 1.29 is 57.8 Å². The van der Waals surface area contributed by atoms with Crippen molar-refractivity contribution in [1.82, 2.24) is 4.90 Å². The fourth-order valence-electron chi connectivity index (χ4n) is 9.57. The van der Waals surface area contributed by atoms with Gasteiger partial charge in [0.25, 0.3) is 0 Å². The predicted octanol–water partition coefficient (Wildman–Crippen LogP) is 8.17. The fourth-order valence-corrected chi connectivity index (χ4v) is 9.65. The van der Waals surface area contributed by atoms with Crippen molar-refractivity contribution in [2.45, 2.75) is 69.2 Å². The molecule has 6 atom stereocenters. The summed E-state index contributed by atoms with van der Waals surface area (Å²) in [5, 5.41) is 24.5. The molecule has 62 heavy (non-hydrogen) atoms. The van der Waals surface area contributed by atoms with E-state index in [2.05, 4.69) is 17.8 Å². The number of nitrogens with zero attached hydrogens (tertiary/aromatic N) is 2. The van der Waals surface area contributed by atoms with Crippen LogP contribution in [0.3, 0.4) is 0 Å². The number of amides is 1. The molecule has 0 aromatic heterocycles. The van der Waals surface area contributed by atoms with Gasteiger partial charge in [-0.1, -0.05) is 36.2 Å². The number of unbranched alkanes of at least 4 members (excludes halogenated alkanes) is 2. The van der Waals surface area contributed by atoms with E-state index in [-0.39, 0.29) is 69.8 Å². The van der Waals surface area contributed by atoms with E-state index < -0.39 is 23.8 Å². The number of fused-ring (bicyclic) bond motifs is 3. The Bertz CT molecular complexity index is 2130. The molecular weight excluding hydrogens is 820 g/mol. The maximum Gasteiger partial charge on any atom is 0.410 e. The van der Waals surface area contributed by atoms with Gasteiger partial charge in [0.2, 0.25) is 12.6 Å². The number of aldehydes is 1. The number of rotatable bonds is 21. The lowest BCUT2D eigenvalue weighted by Crippen LogP contribution is -2.70. The van der Waals surface area contributed by atoms with Crippen LogP contribution in [-0.2, 0) is 20.9 Å². The molecule has 1 fully saturated rings. The first-order valence-electron chi connectivity index (χ1n) is 21.1. The normalized spacial score (nSPS) is 23.6. The Labute approximate surface area is 366 Å². The van der Waals surface area contributed by atoms with Crippen molar-refractivity contribution in [3.63, 3.8) is 0 Å². The van der Waals surface area contributed by atoms with Crippen molar-refractivity contribution in [1.29, 1.82) is 0 Å². The molecule has 332 valence electrons. The molecule has 4 aliphatic rings. The molecule has 7 rings (SSSR count). The van der Waals surface area contributed by atoms with Gasteiger partial charge in [0.15, 0.2) is 17.8 Å². The maximum atomic E-state index is 14.5. The third-order valence-corrected chi connectivity index (χ3v) is 12.3. The molecule has 3 aromatic carbocycles. The van der Waals surface area contributed by atoms with Crippen LogP contribution in [-0.4, -0.2) is 98.4 Å². The lowest BCUT2D eigenvalue weighted by Gasteiger charge is -2.59. The second kappa shape index (κ2) is 20.7. The number of alkyl halides is 1. The summed E-state index contributed by atoms with van der Waals surface area (Å²) in [5.41, 5.74) is 3.48. The van der Waals surface area contributed by atoms with E-state index in [1.54, 1.807) is 35.2 Å². The third kappa shape index (κ3) is 9.24. The molecule has 2 aliphatic heterocycles. The minimum absolute atomic E-state index is 0.0192. The molecule has 2 N–H and O–H groups in total. The number of oxime groups is 1. The number of benzene rings is 3. The zero-order valence-electron chi connectivity index (χ0n) is 35.2. The largest absolute Gasteiger partial charge is 0.496 e. The molecule has 2 aliphatic carbocycles. The Morgan fingerprint density at radius 2 is 1.74 bits per heavy atom. The summed E-state index contributed by atoms with van der Waals surface area (Å²) in [6, 6.07) is 15.4. The van der Waals surface area contributed by atoms with Gasteiger partial charge in [0.05, 0.1) is 36.8 Å². The highest BCUT2D eigenvalue weighted by molar-refractivity contribution is 6.18. The monoisotopic (exact) mass is 874 g/mol. The standard InChI is InChI=1S/C47H55ClN2O12/c1-4-20-60-47-43(50(46(54)57-21-17-48)27-30-11-14-41-42(22-30)59-29-58-41)26-38(49-56-3)36-24-31(9-5-7-18-51)35(10-6-8-19-52)44(45(36)47)37-25-34(13-16-40(37)62-47)61-33-12-15-39(55-2)32(23-33)28-53/h4,11-16,22-25,28,31,35,43-45,51-52H,1,5-10,17-21,26-27,29H2,2-3H3. The Morgan fingerprint density at radius 1 is 0.984 bits per heavy atom. The molecule has 0 radical (unpaired) electrons. The highest BCUT2D eigenvalue weighted by atomic mass is 35.5. The first-order chi connectivity index (χ1) is 30.3. The van der Waals surface area contributed by atoms with Crippen molar-refractivity contribution in [2.75, 3.05) is 53.3 Å². The van der Waals surface area contributed by atoms with Crippen LogP contribution in [0.4, 0.5) is 4.79 Å². The van der Waals surface area contributed by atoms with Gasteiger partial charge in [-0.3, -0.25) is 9.69 Å². The number of halogens is 1. The zero-order chi connectivity index (χ0) is 43.6. The number of aliphatic hydroxyl groups excluding tert-OH is 2. The summed E-state index contributed by atoms with van der Waals surface area (Å²) in [5.74, 6) is 0.817. The smallest absolute Gasteiger partial charge is 0.410 e. The van der Waals surface area contributed by atoms with Crippen LogP contribution in [0.5, 0.6) is 34.5 Å². The third-order valence-electron chi connectivity index (χ3n) is 12.1. The second-order valence-electron chi connectivity index (χ2n) is 15.7. The molecule has 1 saturated carbocycles. The molecule has 6 unspecified atom stereocenters. The van der Waals surface area contributed by atoms with Crippen molar-refractivity contribution >= 4 is 29.7 Å². The molecule has 3 aromatic rings. The number of allylic oxidation sites excluding steroid dienone is 1. The van der Waals surface area contributed by atoms with Gasteiger partial charge < -0.3 is 48.2 Å². The zero-order valence-corrected chi connectivity index (χ0v) is 35.9. The van der Waals surface area contributed by atoms with E-state index in [4.69, 9.17) is 49.6 Å². The summed E-state index contributed by atoms with van der Waals surface area (Å²) >= 11 is 6.08. The molecule has 15 heteroatoms. The van der Waals surface area contributed by atoms with E-state index in [1.165, 1.54) is 14.2 Å². The van der Waals surface area contributed by atoms with Crippen LogP contribution >= 0.6 is 11.6 Å². The SMILES string of the molecule is C=CCOC12Oc3ccc(Oc4ccc(OC)c(C=O)c4)cc3C3C(CCCCO)C(CCCCO)C=C(C(=NOC)CC1N(Cc1ccc4c(c1)OCO4)C(=O)OCCCl)C32. The Morgan fingerprint density at radius 3 is 2.48 bits per heavy atom. The minimum Gasteiger partial charge on any atom is -0.496 e. The Balaban J connectivity index is 1.43. The quantitative estimate of drug-likeness (QED) is 0.0348. The fraction of sp³-hybridized carbons (Fsp3) is 0.468. The van der Waals surface area contributed by atoms with Crippen LogP contribution in [0, 0.1) is 17.8 Å². The summed E-state index contributed by atoms with van der Waals surface area (Å²) in [7, 11) is 3.00. The first-order valence-corrected chi connectivity index (χ1v) is 21.7. The molecule has 0 bridgehead atoms. The van der Waals surface area contributed by atoms with Crippen LogP contribution < -0.4 is 23.7 Å². The number of ether oxygens (including phenoxy) is 7. The van der Waals surface area contributed by atoms with Gasteiger partial charge in [0, 0.05) is 37.7 Å². The number of hydrogen-bond donors (Lipinski definition) is 2. The molecule has 0 saturated heterocycles. The van der Waals surface area contributed by atoms with Gasteiger partial charge in [-0.2, -0.15) is 0 Å². The summed E-state index contributed by atoms with van der Waals surface area (Å²) < 4.78 is 43.3. The summed E-state index contributed by atoms with van der Waals surface area (Å²) in [6.07, 6.45) is 8.53. The van der Waals surface area contributed by atoms with Crippen LogP contribution in [0.2, 0.25) is 0 Å². The number of aliphatic hydroxyl groups is 2. The molecule has 0 spiro atoms. The number of carbonyl (C=O) groups is 2. The van der Waals surface area contributed by atoms with Crippen LogP contribution in [0.15, 0.2) is 84.1 Å². The van der Waals surface area contributed by atoms with E-state index in [9.17, 15) is 19.8 Å². The molecular formula is C47H55ClN2O12. The van der Waals surface area contributed by atoms with E-state index >= 15 is 0 Å². The van der Waals surface area contributed by atoms with E-state index in [1.807, 2.05) is 30.3 Å². The van der Waals surface area contributed by atoms with E-state index in [0.29, 0.717) is 58.6 Å². The van der Waals surface area contributed by atoms with Gasteiger partial charge in [-0.15, -0.1) is 18.2 Å². The van der Waals surface area contributed by atoms with E-state index in [0.717, 1.165) is 48.7 Å². The number of carbonyl (C=O) groups excluding carboxylic acids is 2. The van der Waals surface area contributed by atoms with Gasteiger partial charge in [-0.05, 0) is 97.2 Å². The highest BCUT2D eigenvalue weighted by Gasteiger charge is 2.65.